The van der Waals surface area contributed by atoms with Crippen LogP contribution >= 0.6 is 11.8 Å². The van der Waals surface area contributed by atoms with Gasteiger partial charge in [0.25, 0.3) is 0 Å². The highest BCUT2D eigenvalue weighted by atomic mass is 32.2. The molecule has 0 saturated carbocycles. The van der Waals surface area contributed by atoms with E-state index in [-0.39, 0.29) is 11.4 Å². The first-order valence-corrected chi connectivity index (χ1v) is 8.73. The van der Waals surface area contributed by atoms with Crippen LogP contribution in [-0.4, -0.2) is 47.6 Å². The largest absolute Gasteiger partial charge is 0.337 e. The highest BCUT2D eigenvalue weighted by Gasteiger charge is 2.33. The van der Waals surface area contributed by atoms with Crippen molar-refractivity contribution in [2.45, 2.75) is 12.3 Å². The van der Waals surface area contributed by atoms with E-state index < -0.39 is 15.2 Å². The molecule has 6 nitrogen and oxygen atoms in total. The summed E-state index contributed by atoms with van der Waals surface area (Å²) in [7, 11) is -3.16. The van der Waals surface area contributed by atoms with Crippen LogP contribution in [0.1, 0.15) is 12.6 Å². The number of sulfone groups is 1. The summed E-state index contributed by atoms with van der Waals surface area (Å²) in [4.78, 5) is 9.85. The fraction of sp³-hybridized carbons (Fsp3) is 0.545. The maximum Gasteiger partial charge on any atom is 0.171 e. The van der Waals surface area contributed by atoms with E-state index in [4.69, 9.17) is 5.26 Å². The number of hydrogen-bond donors (Lipinski definition) is 0. The van der Waals surface area contributed by atoms with E-state index in [1.54, 1.807) is 23.6 Å². The molecule has 0 aromatic carbocycles. The molecule has 1 aromatic rings. The van der Waals surface area contributed by atoms with Gasteiger partial charge in [0.2, 0.25) is 0 Å². The minimum atomic E-state index is -3.16. The first kappa shape index (κ1) is 14.1. The Morgan fingerprint density at radius 1 is 1.53 bits per heavy atom. The molecule has 0 radical (unpaired) electrons. The van der Waals surface area contributed by atoms with E-state index in [1.807, 2.05) is 6.07 Å². The summed E-state index contributed by atoms with van der Waals surface area (Å²) in [6.07, 6.45) is 2.83. The van der Waals surface area contributed by atoms with Gasteiger partial charge in [0.05, 0.1) is 12.4 Å². The average Bonchev–Trinajstić information content (AvgIpc) is 2.47. The van der Waals surface area contributed by atoms with Crippen molar-refractivity contribution < 1.29 is 8.42 Å². The van der Waals surface area contributed by atoms with E-state index in [0.29, 0.717) is 18.1 Å². The summed E-state index contributed by atoms with van der Waals surface area (Å²) in [6.45, 7) is 2.27. The van der Waals surface area contributed by atoms with E-state index in [2.05, 4.69) is 9.97 Å². The Balaban J connectivity index is 2.31. The molecule has 0 bridgehead atoms. The van der Waals surface area contributed by atoms with Gasteiger partial charge in [-0.15, -0.1) is 0 Å². The predicted molar refractivity (Wildman–Crippen MR) is 74.7 cm³/mol. The first-order valence-electron chi connectivity index (χ1n) is 5.86. The molecule has 1 aliphatic heterocycles. The van der Waals surface area contributed by atoms with Gasteiger partial charge in [0.15, 0.2) is 15.5 Å². The molecule has 19 heavy (non-hydrogen) atoms. The summed E-state index contributed by atoms with van der Waals surface area (Å²) in [5.74, 6) is 2.02. The first-order chi connectivity index (χ1) is 9.08. The fourth-order valence-electron chi connectivity index (χ4n) is 1.86. The normalized spacial score (nSPS) is 20.0. The SMILES string of the molecule is CCS(=O)(=O)C1CSCCN1c1cnc(C#N)cn1. The average molecular weight is 298 g/mol. The van der Waals surface area contributed by atoms with Crippen molar-refractivity contribution >= 4 is 27.4 Å². The zero-order chi connectivity index (χ0) is 13.9. The molecule has 0 spiro atoms. The topological polar surface area (TPSA) is 87.0 Å². The van der Waals surface area contributed by atoms with Crippen molar-refractivity contribution in [1.82, 2.24) is 9.97 Å². The zero-order valence-electron chi connectivity index (χ0n) is 10.5. The van der Waals surface area contributed by atoms with Crippen molar-refractivity contribution in [3.63, 3.8) is 0 Å². The lowest BCUT2D eigenvalue weighted by Gasteiger charge is -2.35. The predicted octanol–water partition coefficient (Wildman–Crippen LogP) is 0.662. The third kappa shape index (κ3) is 2.98. The number of nitriles is 1. The van der Waals surface area contributed by atoms with Gasteiger partial charge in [-0.25, -0.2) is 18.4 Å². The van der Waals surface area contributed by atoms with Crippen molar-refractivity contribution in [2.24, 2.45) is 0 Å². The van der Waals surface area contributed by atoms with Gasteiger partial charge in [-0.3, -0.25) is 0 Å². The second-order valence-electron chi connectivity index (χ2n) is 4.05. The summed E-state index contributed by atoms with van der Waals surface area (Å²) in [6, 6.07) is 1.90. The third-order valence-corrected chi connectivity index (χ3v) is 6.24. The Morgan fingerprint density at radius 2 is 2.32 bits per heavy atom. The zero-order valence-corrected chi connectivity index (χ0v) is 12.1. The molecule has 0 aliphatic carbocycles. The molecule has 2 rings (SSSR count). The Hall–Kier alpha value is -1.33. The monoisotopic (exact) mass is 298 g/mol. The van der Waals surface area contributed by atoms with Gasteiger partial charge < -0.3 is 4.90 Å². The second-order valence-corrected chi connectivity index (χ2v) is 7.64. The molecule has 1 unspecified atom stereocenters. The van der Waals surface area contributed by atoms with Crippen LogP contribution in [0.4, 0.5) is 5.82 Å². The Labute approximate surface area is 116 Å². The Bertz CT molecular complexity index is 580. The van der Waals surface area contributed by atoms with Crippen LogP contribution in [0, 0.1) is 11.3 Å². The lowest BCUT2D eigenvalue weighted by molar-refractivity contribution is 0.578. The van der Waals surface area contributed by atoms with E-state index in [0.717, 1.165) is 5.75 Å². The number of anilines is 1. The van der Waals surface area contributed by atoms with Gasteiger partial charge in [-0.2, -0.15) is 17.0 Å². The van der Waals surface area contributed by atoms with Crippen molar-refractivity contribution in [1.29, 1.82) is 5.26 Å². The van der Waals surface area contributed by atoms with E-state index in [1.165, 1.54) is 12.4 Å². The minimum absolute atomic E-state index is 0.110. The molecule has 0 amide bonds. The van der Waals surface area contributed by atoms with Crippen LogP contribution in [0.25, 0.3) is 0 Å². The van der Waals surface area contributed by atoms with Crippen LogP contribution in [0.5, 0.6) is 0 Å². The molecule has 1 fully saturated rings. The standard InChI is InChI=1S/C11H14N4O2S2/c1-2-19(16,17)11-8-18-4-3-15(11)10-7-13-9(5-12)6-14-10/h6-7,11H,2-4,8H2,1H3. The van der Waals surface area contributed by atoms with Crippen molar-refractivity contribution in [3.05, 3.63) is 18.1 Å². The number of nitrogens with zero attached hydrogens (tertiary/aromatic N) is 4. The lowest BCUT2D eigenvalue weighted by Crippen LogP contribution is -2.48. The molecule has 8 heteroatoms. The van der Waals surface area contributed by atoms with Crippen molar-refractivity contribution in [3.8, 4) is 6.07 Å². The summed E-state index contributed by atoms with van der Waals surface area (Å²) < 4.78 is 24.2. The van der Waals surface area contributed by atoms with Crippen LogP contribution in [0.15, 0.2) is 12.4 Å². The minimum Gasteiger partial charge on any atom is -0.337 e. The Morgan fingerprint density at radius 3 is 2.89 bits per heavy atom. The summed E-state index contributed by atoms with van der Waals surface area (Å²) in [5, 5.41) is 8.14. The molecule has 1 atom stereocenters. The second kappa shape index (κ2) is 5.75. The highest BCUT2D eigenvalue weighted by Crippen LogP contribution is 2.25. The van der Waals surface area contributed by atoms with Gasteiger partial charge in [0.1, 0.15) is 17.3 Å². The summed E-state index contributed by atoms with van der Waals surface area (Å²) in [5.41, 5.74) is 0.227. The van der Waals surface area contributed by atoms with E-state index in [9.17, 15) is 8.42 Å². The smallest absolute Gasteiger partial charge is 0.171 e. The molecular formula is C11H14N4O2S2. The van der Waals surface area contributed by atoms with Crippen LogP contribution in [0.2, 0.25) is 0 Å². The maximum atomic E-state index is 12.1. The summed E-state index contributed by atoms with van der Waals surface area (Å²) >= 11 is 1.63. The number of hydrogen-bond acceptors (Lipinski definition) is 7. The molecule has 0 N–H and O–H groups in total. The number of thioether (sulfide) groups is 1. The molecular weight excluding hydrogens is 284 g/mol. The lowest BCUT2D eigenvalue weighted by atomic mass is 10.4. The van der Waals surface area contributed by atoms with E-state index >= 15 is 0 Å². The quantitative estimate of drug-likeness (QED) is 0.810. The number of aromatic nitrogens is 2. The fourth-order valence-corrected chi connectivity index (χ4v) is 4.84. The van der Waals surface area contributed by atoms with Crippen LogP contribution in [-0.2, 0) is 9.84 Å². The van der Waals surface area contributed by atoms with Gasteiger partial charge >= 0.3 is 0 Å². The molecule has 1 saturated heterocycles. The van der Waals surface area contributed by atoms with Gasteiger partial charge in [-0.05, 0) is 0 Å². The van der Waals surface area contributed by atoms with Gasteiger partial charge in [0, 0.05) is 23.8 Å². The maximum absolute atomic E-state index is 12.1. The Kier molecular flexibility index (Phi) is 4.27. The molecule has 1 aromatic heterocycles. The van der Waals surface area contributed by atoms with Crippen molar-refractivity contribution in [2.75, 3.05) is 28.7 Å². The highest BCUT2D eigenvalue weighted by molar-refractivity contribution is 8.01. The van der Waals surface area contributed by atoms with Crippen LogP contribution < -0.4 is 4.90 Å². The van der Waals surface area contributed by atoms with Gasteiger partial charge in [-0.1, -0.05) is 6.92 Å². The molecule has 102 valence electrons. The van der Waals surface area contributed by atoms with Crippen LogP contribution in [0.3, 0.4) is 0 Å². The third-order valence-electron chi connectivity index (χ3n) is 2.95. The molecule has 2 heterocycles. The number of rotatable bonds is 3. The molecule has 1 aliphatic rings.